The lowest BCUT2D eigenvalue weighted by Gasteiger charge is -2.05. The Morgan fingerprint density at radius 2 is 2.05 bits per heavy atom. The van der Waals surface area contributed by atoms with Gasteiger partial charge in [-0.2, -0.15) is 0 Å². The third-order valence-corrected chi connectivity index (χ3v) is 4.07. The lowest BCUT2D eigenvalue weighted by atomic mass is 10.1. The number of nitrogens with one attached hydrogen (secondary N) is 1. The maximum atomic E-state index is 13.8. The summed E-state index contributed by atoms with van der Waals surface area (Å²) in [6.07, 6.45) is 0. The summed E-state index contributed by atoms with van der Waals surface area (Å²) in [5, 5.41) is 3.96. The Kier molecular flexibility index (Phi) is 3.62. The average Bonchev–Trinajstić information content (AvgIpc) is 2.88. The lowest BCUT2D eigenvalue weighted by molar-refractivity contribution is 0.610. The summed E-state index contributed by atoms with van der Waals surface area (Å²) in [5.74, 6) is -0.235. The van der Waals surface area contributed by atoms with Crippen LogP contribution in [0.15, 0.2) is 42.5 Å². The number of hydrogen-bond donors (Lipinski definition) is 2. The molecule has 0 amide bonds. The molecule has 0 unspecified atom stereocenters. The third-order valence-electron chi connectivity index (χ3n) is 3.08. The summed E-state index contributed by atoms with van der Waals surface area (Å²) in [4.78, 5) is 4.46. The first kappa shape index (κ1) is 13.0. The Morgan fingerprint density at radius 1 is 1.20 bits per heavy atom. The molecule has 0 atom stereocenters. The van der Waals surface area contributed by atoms with Crippen molar-refractivity contribution < 1.29 is 4.39 Å². The van der Waals surface area contributed by atoms with Gasteiger partial charge in [-0.15, -0.1) is 0 Å². The maximum Gasteiger partial charge on any atom is 0.184 e. The van der Waals surface area contributed by atoms with Gasteiger partial charge in [0.15, 0.2) is 5.13 Å². The normalized spacial score (nSPS) is 10.9. The molecule has 3 nitrogen and oxygen atoms in total. The van der Waals surface area contributed by atoms with Crippen LogP contribution in [0.3, 0.4) is 0 Å². The predicted octanol–water partition coefficient (Wildman–Crippen LogP) is 3.51. The van der Waals surface area contributed by atoms with Crippen molar-refractivity contribution >= 4 is 26.7 Å². The summed E-state index contributed by atoms with van der Waals surface area (Å²) in [6.45, 7) is 0.763. The minimum atomic E-state index is -0.235. The van der Waals surface area contributed by atoms with E-state index >= 15 is 0 Å². The fourth-order valence-corrected chi connectivity index (χ4v) is 2.84. The number of thiazole rings is 1. The van der Waals surface area contributed by atoms with Crippen LogP contribution in [0.2, 0.25) is 0 Å². The molecule has 5 heteroatoms. The summed E-state index contributed by atoms with van der Waals surface area (Å²) in [6, 6.07) is 13.0. The molecule has 20 heavy (non-hydrogen) atoms. The van der Waals surface area contributed by atoms with E-state index in [0.717, 1.165) is 20.9 Å². The predicted molar refractivity (Wildman–Crippen MR) is 81.2 cm³/mol. The van der Waals surface area contributed by atoms with E-state index in [1.54, 1.807) is 17.4 Å². The van der Waals surface area contributed by atoms with E-state index in [-0.39, 0.29) is 5.82 Å². The van der Waals surface area contributed by atoms with Crippen LogP contribution in [0.1, 0.15) is 11.1 Å². The Bertz CT molecular complexity index is 706. The molecule has 0 aliphatic heterocycles. The zero-order valence-corrected chi connectivity index (χ0v) is 11.6. The van der Waals surface area contributed by atoms with Gasteiger partial charge in [-0.3, -0.25) is 0 Å². The number of halogens is 1. The number of nitrogens with two attached hydrogens (primary N) is 1. The maximum absolute atomic E-state index is 13.8. The van der Waals surface area contributed by atoms with E-state index in [0.29, 0.717) is 18.7 Å². The molecule has 0 fully saturated rings. The van der Waals surface area contributed by atoms with E-state index in [9.17, 15) is 4.39 Å². The SMILES string of the molecule is NCc1ccc(CNc2nc3ccccc3s2)c(F)c1. The number of hydrogen-bond acceptors (Lipinski definition) is 4. The molecule has 102 valence electrons. The fraction of sp³-hybridized carbons (Fsp3) is 0.133. The van der Waals surface area contributed by atoms with Gasteiger partial charge >= 0.3 is 0 Å². The van der Waals surface area contributed by atoms with Crippen molar-refractivity contribution in [3.63, 3.8) is 0 Å². The van der Waals surface area contributed by atoms with E-state index < -0.39 is 0 Å². The number of nitrogens with zero attached hydrogens (tertiary/aromatic N) is 1. The summed E-state index contributed by atoms with van der Waals surface area (Å²) >= 11 is 1.57. The quantitative estimate of drug-likeness (QED) is 0.772. The lowest BCUT2D eigenvalue weighted by Crippen LogP contribution is -2.03. The number of benzene rings is 2. The van der Waals surface area contributed by atoms with Crippen LogP contribution in [-0.2, 0) is 13.1 Å². The van der Waals surface area contributed by atoms with Crippen molar-refractivity contribution in [3.05, 3.63) is 59.4 Å². The van der Waals surface area contributed by atoms with Gasteiger partial charge in [0.05, 0.1) is 10.2 Å². The molecule has 2 aromatic carbocycles. The molecule has 0 spiro atoms. The van der Waals surface area contributed by atoms with Crippen molar-refractivity contribution in [2.24, 2.45) is 5.73 Å². The van der Waals surface area contributed by atoms with Gasteiger partial charge in [-0.05, 0) is 23.8 Å². The second-order valence-electron chi connectivity index (χ2n) is 4.47. The zero-order chi connectivity index (χ0) is 13.9. The molecule has 0 saturated carbocycles. The molecule has 0 aliphatic rings. The van der Waals surface area contributed by atoms with E-state index in [1.807, 2.05) is 30.3 Å². The van der Waals surface area contributed by atoms with Gasteiger partial charge in [-0.25, -0.2) is 9.37 Å². The average molecular weight is 287 g/mol. The molecule has 0 aliphatic carbocycles. The number of rotatable bonds is 4. The van der Waals surface area contributed by atoms with Gasteiger partial charge < -0.3 is 11.1 Å². The standard InChI is InChI=1S/C15H14FN3S/c16-12-7-10(8-17)5-6-11(12)9-18-15-19-13-3-1-2-4-14(13)20-15/h1-7H,8-9,17H2,(H,18,19). The molecular weight excluding hydrogens is 273 g/mol. The second-order valence-corrected chi connectivity index (χ2v) is 5.50. The first-order chi connectivity index (χ1) is 9.76. The number of fused-ring (bicyclic) bond motifs is 1. The van der Waals surface area contributed by atoms with Crippen molar-refractivity contribution in [2.75, 3.05) is 5.32 Å². The van der Waals surface area contributed by atoms with Crippen LogP contribution in [0.4, 0.5) is 9.52 Å². The number of anilines is 1. The van der Waals surface area contributed by atoms with Gasteiger partial charge in [-0.1, -0.05) is 35.6 Å². The fourth-order valence-electron chi connectivity index (χ4n) is 1.98. The van der Waals surface area contributed by atoms with Crippen LogP contribution in [0.25, 0.3) is 10.2 Å². The van der Waals surface area contributed by atoms with Crippen LogP contribution >= 0.6 is 11.3 Å². The zero-order valence-electron chi connectivity index (χ0n) is 10.8. The Morgan fingerprint density at radius 3 is 2.80 bits per heavy atom. The van der Waals surface area contributed by atoms with Gasteiger partial charge in [0, 0.05) is 18.7 Å². The molecule has 3 N–H and O–H groups in total. The third kappa shape index (κ3) is 2.64. The molecule has 0 bridgehead atoms. The smallest absolute Gasteiger partial charge is 0.184 e. The minimum Gasteiger partial charge on any atom is -0.357 e. The second kappa shape index (κ2) is 5.56. The molecule has 3 rings (SSSR count). The van der Waals surface area contributed by atoms with Crippen molar-refractivity contribution in [3.8, 4) is 0 Å². The first-order valence-electron chi connectivity index (χ1n) is 6.33. The molecular formula is C15H14FN3S. The number of aromatic nitrogens is 1. The molecule has 0 saturated heterocycles. The first-order valence-corrected chi connectivity index (χ1v) is 7.15. The summed E-state index contributed by atoms with van der Waals surface area (Å²) in [5.41, 5.74) is 7.85. The Balaban J connectivity index is 1.75. The van der Waals surface area contributed by atoms with Crippen LogP contribution < -0.4 is 11.1 Å². The summed E-state index contributed by atoms with van der Waals surface area (Å²) in [7, 11) is 0. The monoisotopic (exact) mass is 287 g/mol. The number of para-hydroxylation sites is 1. The van der Waals surface area contributed by atoms with Crippen molar-refractivity contribution in [2.45, 2.75) is 13.1 Å². The molecule has 3 aromatic rings. The van der Waals surface area contributed by atoms with Crippen LogP contribution in [0.5, 0.6) is 0 Å². The van der Waals surface area contributed by atoms with Crippen LogP contribution in [0, 0.1) is 5.82 Å². The van der Waals surface area contributed by atoms with Crippen molar-refractivity contribution in [1.29, 1.82) is 0 Å². The highest BCUT2D eigenvalue weighted by molar-refractivity contribution is 7.22. The van der Waals surface area contributed by atoms with Gasteiger partial charge in [0.25, 0.3) is 0 Å². The highest BCUT2D eigenvalue weighted by Crippen LogP contribution is 2.25. The van der Waals surface area contributed by atoms with Gasteiger partial charge in [0.1, 0.15) is 5.82 Å². The van der Waals surface area contributed by atoms with Gasteiger partial charge in [0.2, 0.25) is 0 Å². The van der Waals surface area contributed by atoms with E-state index in [1.165, 1.54) is 6.07 Å². The summed E-state index contributed by atoms with van der Waals surface area (Å²) < 4.78 is 15.0. The van der Waals surface area contributed by atoms with Crippen LogP contribution in [-0.4, -0.2) is 4.98 Å². The highest BCUT2D eigenvalue weighted by Gasteiger charge is 2.06. The molecule has 1 heterocycles. The van der Waals surface area contributed by atoms with E-state index in [2.05, 4.69) is 10.3 Å². The largest absolute Gasteiger partial charge is 0.357 e. The van der Waals surface area contributed by atoms with Crippen molar-refractivity contribution in [1.82, 2.24) is 4.98 Å². The highest BCUT2D eigenvalue weighted by atomic mass is 32.1. The Hall–Kier alpha value is -1.98. The molecule has 1 aromatic heterocycles. The van der Waals surface area contributed by atoms with E-state index in [4.69, 9.17) is 5.73 Å². The Labute approximate surface area is 120 Å². The molecule has 0 radical (unpaired) electrons. The topological polar surface area (TPSA) is 50.9 Å². The minimum absolute atomic E-state index is 0.235.